The molecular weight excluding hydrogens is 292 g/mol. The zero-order chi connectivity index (χ0) is 16.2. The largest absolute Gasteiger partial charge is 0.382 e. The Morgan fingerprint density at radius 3 is 2.65 bits per heavy atom. The number of likely N-dealkylation sites (tertiary alicyclic amines) is 1. The Labute approximate surface area is 135 Å². The van der Waals surface area contributed by atoms with Crippen molar-refractivity contribution < 1.29 is 9.32 Å². The second-order valence-electron chi connectivity index (χ2n) is 5.97. The number of hydrogen-bond donors (Lipinski definition) is 2. The summed E-state index contributed by atoms with van der Waals surface area (Å²) in [6, 6.07) is 10.3. The number of aryl methyl sites for hydroxylation is 2. The van der Waals surface area contributed by atoms with Gasteiger partial charge in [0.15, 0.2) is 5.82 Å². The van der Waals surface area contributed by atoms with E-state index >= 15 is 0 Å². The van der Waals surface area contributed by atoms with Crippen molar-refractivity contribution in [2.45, 2.75) is 32.7 Å². The van der Waals surface area contributed by atoms with Gasteiger partial charge >= 0.3 is 6.03 Å². The number of hydrogen-bond acceptors (Lipinski definition) is 4. The Bertz CT molecular complexity index is 675. The predicted molar refractivity (Wildman–Crippen MR) is 89.7 cm³/mol. The molecule has 0 spiro atoms. The van der Waals surface area contributed by atoms with Gasteiger partial charge in [-0.2, -0.15) is 0 Å². The van der Waals surface area contributed by atoms with Crippen molar-refractivity contribution in [3.8, 4) is 0 Å². The van der Waals surface area contributed by atoms with Crippen LogP contribution in [0, 0.1) is 13.8 Å². The maximum atomic E-state index is 12.2. The first-order valence-electron chi connectivity index (χ1n) is 7.93. The van der Waals surface area contributed by atoms with E-state index in [-0.39, 0.29) is 6.03 Å². The number of anilines is 2. The van der Waals surface area contributed by atoms with Gasteiger partial charge in [-0.3, -0.25) is 5.32 Å². The second kappa shape index (κ2) is 6.73. The summed E-state index contributed by atoms with van der Waals surface area (Å²) >= 11 is 0. The van der Waals surface area contributed by atoms with Crippen molar-refractivity contribution in [3.63, 3.8) is 0 Å². The van der Waals surface area contributed by atoms with Crippen LogP contribution in [-0.4, -0.2) is 35.2 Å². The molecule has 1 aliphatic rings. The van der Waals surface area contributed by atoms with E-state index in [1.807, 2.05) is 17.0 Å². The van der Waals surface area contributed by atoms with Crippen LogP contribution in [0.3, 0.4) is 0 Å². The lowest BCUT2D eigenvalue weighted by molar-refractivity contribution is 0.197. The Hall–Kier alpha value is -2.50. The maximum Gasteiger partial charge on any atom is 0.323 e. The van der Waals surface area contributed by atoms with Crippen LogP contribution >= 0.6 is 0 Å². The minimum atomic E-state index is -0.118. The lowest BCUT2D eigenvalue weighted by atomic mass is 10.0. The van der Waals surface area contributed by atoms with Gasteiger partial charge in [-0.05, 0) is 38.3 Å². The molecule has 1 aromatic carbocycles. The van der Waals surface area contributed by atoms with Crippen LogP contribution in [0.25, 0.3) is 0 Å². The number of carbonyl (C=O) groups excluding carboxylic acids is 1. The summed E-state index contributed by atoms with van der Waals surface area (Å²) in [6.07, 6.45) is 1.86. The number of piperidine rings is 1. The van der Waals surface area contributed by atoms with E-state index in [4.69, 9.17) is 4.52 Å². The van der Waals surface area contributed by atoms with Crippen LogP contribution in [0.15, 0.2) is 34.9 Å². The first-order chi connectivity index (χ1) is 11.1. The molecule has 6 heteroatoms. The molecule has 0 saturated carbocycles. The third kappa shape index (κ3) is 3.83. The van der Waals surface area contributed by atoms with Crippen molar-refractivity contribution in [3.05, 3.63) is 41.7 Å². The number of nitrogens with one attached hydrogen (secondary N) is 2. The fourth-order valence-electron chi connectivity index (χ4n) is 2.80. The summed E-state index contributed by atoms with van der Waals surface area (Å²) in [4.78, 5) is 14.0. The summed E-state index contributed by atoms with van der Waals surface area (Å²) in [5, 5.41) is 10.1. The van der Waals surface area contributed by atoms with Crippen LogP contribution in [0.4, 0.5) is 16.3 Å². The third-order valence-electron chi connectivity index (χ3n) is 4.15. The van der Waals surface area contributed by atoms with Gasteiger partial charge in [-0.25, -0.2) is 4.79 Å². The highest BCUT2D eigenvalue weighted by Crippen LogP contribution is 2.20. The molecule has 2 N–H and O–H groups in total. The summed E-state index contributed by atoms with van der Waals surface area (Å²) in [7, 11) is 0. The van der Waals surface area contributed by atoms with Gasteiger partial charge in [0.1, 0.15) is 5.76 Å². The topological polar surface area (TPSA) is 70.4 Å². The van der Waals surface area contributed by atoms with Gasteiger partial charge in [0.25, 0.3) is 0 Å². The fraction of sp³-hybridized carbons (Fsp3) is 0.412. The van der Waals surface area contributed by atoms with E-state index in [9.17, 15) is 4.79 Å². The predicted octanol–water partition coefficient (Wildman–Crippen LogP) is 3.40. The molecule has 0 bridgehead atoms. The van der Waals surface area contributed by atoms with E-state index in [1.54, 1.807) is 13.0 Å². The average molecular weight is 314 g/mol. The Kier molecular flexibility index (Phi) is 4.50. The number of urea groups is 1. The molecule has 1 aromatic heterocycles. The highest BCUT2D eigenvalue weighted by Gasteiger charge is 2.23. The summed E-state index contributed by atoms with van der Waals surface area (Å²) in [5.41, 5.74) is 2.42. The van der Waals surface area contributed by atoms with E-state index in [0.29, 0.717) is 17.6 Å². The van der Waals surface area contributed by atoms with Crippen molar-refractivity contribution in [2.75, 3.05) is 23.7 Å². The highest BCUT2D eigenvalue weighted by atomic mass is 16.5. The summed E-state index contributed by atoms with van der Waals surface area (Å²) in [5.74, 6) is 1.15. The number of carbonyl (C=O) groups is 1. The molecule has 2 heterocycles. The molecule has 3 rings (SSSR count). The van der Waals surface area contributed by atoms with Crippen LogP contribution in [0.2, 0.25) is 0 Å². The normalized spacial score (nSPS) is 15.5. The molecular formula is C17H22N4O2. The van der Waals surface area contributed by atoms with Gasteiger partial charge in [-0.1, -0.05) is 23.4 Å². The molecule has 1 saturated heterocycles. The Balaban J connectivity index is 1.50. The Morgan fingerprint density at radius 1 is 1.26 bits per heavy atom. The second-order valence-corrected chi connectivity index (χ2v) is 5.97. The van der Waals surface area contributed by atoms with Crippen LogP contribution in [0.1, 0.15) is 24.2 Å². The molecule has 0 radical (unpaired) electrons. The zero-order valence-electron chi connectivity index (χ0n) is 13.5. The number of para-hydroxylation sites is 1. The zero-order valence-corrected chi connectivity index (χ0v) is 13.5. The van der Waals surface area contributed by atoms with Gasteiger partial charge < -0.3 is 14.7 Å². The molecule has 0 aliphatic carbocycles. The van der Waals surface area contributed by atoms with Crippen molar-refractivity contribution in [2.24, 2.45) is 0 Å². The third-order valence-corrected chi connectivity index (χ3v) is 4.15. The molecule has 122 valence electrons. The Morgan fingerprint density at radius 2 is 2.00 bits per heavy atom. The molecule has 1 aliphatic heterocycles. The van der Waals surface area contributed by atoms with E-state index < -0.39 is 0 Å². The molecule has 0 unspecified atom stereocenters. The first kappa shape index (κ1) is 15.4. The molecule has 0 atom stereocenters. The monoisotopic (exact) mass is 314 g/mol. The summed E-state index contributed by atoms with van der Waals surface area (Å²) < 4.78 is 4.95. The molecule has 23 heavy (non-hydrogen) atoms. The van der Waals surface area contributed by atoms with Crippen LogP contribution < -0.4 is 10.6 Å². The molecule has 2 aromatic rings. The highest BCUT2D eigenvalue weighted by molar-refractivity contribution is 5.88. The van der Waals surface area contributed by atoms with E-state index in [0.717, 1.165) is 25.9 Å². The van der Waals surface area contributed by atoms with Gasteiger partial charge in [-0.15, -0.1) is 0 Å². The van der Waals surface area contributed by atoms with Gasteiger partial charge in [0.2, 0.25) is 0 Å². The number of aromatic nitrogens is 1. The fourth-order valence-corrected chi connectivity index (χ4v) is 2.80. The van der Waals surface area contributed by atoms with Crippen LogP contribution in [-0.2, 0) is 0 Å². The molecule has 1 fully saturated rings. The number of amides is 2. The van der Waals surface area contributed by atoms with E-state index in [1.165, 1.54) is 11.3 Å². The lowest BCUT2D eigenvalue weighted by Crippen LogP contribution is -2.44. The summed E-state index contributed by atoms with van der Waals surface area (Å²) in [6.45, 7) is 5.36. The van der Waals surface area contributed by atoms with Gasteiger partial charge in [0, 0.05) is 30.9 Å². The number of rotatable bonds is 3. The number of benzene rings is 1. The van der Waals surface area contributed by atoms with E-state index in [2.05, 4.69) is 34.8 Å². The number of nitrogens with zero attached hydrogens (tertiary/aromatic N) is 2. The maximum absolute atomic E-state index is 12.2. The van der Waals surface area contributed by atoms with Crippen LogP contribution in [0.5, 0.6) is 0 Å². The van der Waals surface area contributed by atoms with Gasteiger partial charge in [0.05, 0.1) is 0 Å². The molecule has 2 amide bonds. The van der Waals surface area contributed by atoms with Crippen molar-refractivity contribution >= 4 is 17.5 Å². The standard InChI is InChI=1S/C17H22N4O2/c1-12-5-3-4-6-15(12)18-14-7-9-21(10-8-14)17(22)19-16-11-13(2)23-20-16/h3-6,11,14,18H,7-10H2,1-2H3,(H,19,20,22). The minimum Gasteiger partial charge on any atom is -0.382 e. The average Bonchev–Trinajstić information content (AvgIpc) is 2.95. The minimum absolute atomic E-state index is 0.118. The van der Waals surface area contributed by atoms with Crippen molar-refractivity contribution in [1.82, 2.24) is 10.1 Å². The smallest absolute Gasteiger partial charge is 0.323 e. The SMILES string of the molecule is Cc1cc(NC(=O)N2CCC(Nc3ccccc3C)CC2)no1. The lowest BCUT2D eigenvalue weighted by Gasteiger charge is -2.33. The molecule has 6 nitrogen and oxygen atoms in total. The van der Waals surface area contributed by atoms with Crippen molar-refractivity contribution in [1.29, 1.82) is 0 Å². The first-order valence-corrected chi connectivity index (χ1v) is 7.93. The quantitative estimate of drug-likeness (QED) is 0.911.